The molecule has 0 atom stereocenters. The van der Waals surface area contributed by atoms with Gasteiger partial charge in [0.2, 0.25) is 5.91 Å². The van der Waals surface area contributed by atoms with E-state index in [-0.39, 0.29) is 17.4 Å². The first-order valence-electron chi connectivity index (χ1n) is 10.4. The number of hydrogen-bond acceptors (Lipinski definition) is 6. The van der Waals surface area contributed by atoms with Crippen LogP contribution in [0.5, 0.6) is 5.75 Å². The van der Waals surface area contributed by atoms with Gasteiger partial charge in [0.1, 0.15) is 5.75 Å². The van der Waals surface area contributed by atoms with Crippen LogP contribution in [0.25, 0.3) is 11.4 Å². The molecule has 1 N–H and O–H groups in total. The van der Waals surface area contributed by atoms with E-state index < -0.39 is 0 Å². The van der Waals surface area contributed by atoms with Crippen molar-refractivity contribution in [1.29, 1.82) is 0 Å². The normalized spacial score (nSPS) is 13.1. The standard InChI is InChI=1S/C24H24N4O3S/c1-3-13-28-23(18-8-4-5-9-21(18)31-2)26-27-24(28)32-15-20(29)17-11-12-19-16(14-17)7-6-10-22(30)25-19/h3-5,8-9,11-12,14H,1,6-7,10,13,15H2,2H3,(H,25,30). The third kappa shape index (κ3) is 4.60. The van der Waals surface area contributed by atoms with Gasteiger partial charge in [0.05, 0.1) is 18.4 Å². The first kappa shape index (κ1) is 21.8. The summed E-state index contributed by atoms with van der Waals surface area (Å²) in [6.07, 6.45) is 3.83. The third-order valence-corrected chi connectivity index (χ3v) is 6.23. The summed E-state index contributed by atoms with van der Waals surface area (Å²) in [5, 5.41) is 12.2. The van der Waals surface area contributed by atoms with E-state index in [0.29, 0.717) is 35.3 Å². The second-order valence-electron chi connectivity index (χ2n) is 7.39. The number of nitrogens with one attached hydrogen (secondary N) is 1. The summed E-state index contributed by atoms with van der Waals surface area (Å²) in [7, 11) is 1.62. The van der Waals surface area contributed by atoms with Crippen molar-refractivity contribution < 1.29 is 14.3 Å². The number of thioether (sulfide) groups is 1. The number of methoxy groups -OCH3 is 1. The Labute approximate surface area is 190 Å². The summed E-state index contributed by atoms with van der Waals surface area (Å²) < 4.78 is 7.39. The Balaban J connectivity index is 1.53. The number of nitrogens with zero attached hydrogens (tertiary/aromatic N) is 3. The molecule has 2 aromatic carbocycles. The fourth-order valence-corrected chi connectivity index (χ4v) is 4.52. The lowest BCUT2D eigenvalue weighted by Crippen LogP contribution is -2.10. The number of ketones is 1. The molecule has 32 heavy (non-hydrogen) atoms. The first-order valence-corrected chi connectivity index (χ1v) is 11.4. The second-order valence-corrected chi connectivity index (χ2v) is 8.33. The van der Waals surface area contributed by atoms with E-state index in [4.69, 9.17) is 4.74 Å². The summed E-state index contributed by atoms with van der Waals surface area (Å²) in [5.41, 5.74) is 3.26. The molecular formula is C24H24N4O3S. The Hall–Kier alpha value is -3.39. The van der Waals surface area contributed by atoms with Gasteiger partial charge in [0.25, 0.3) is 0 Å². The molecule has 0 spiro atoms. The molecule has 4 rings (SSSR count). The van der Waals surface area contributed by atoms with Gasteiger partial charge in [-0.2, -0.15) is 0 Å². The fourth-order valence-electron chi connectivity index (χ4n) is 3.68. The number of carbonyl (C=O) groups is 2. The largest absolute Gasteiger partial charge is 0.496 e. The molecule has 164 valence electrons. The number of hydrogen-bond donors (Lipinski definition) is 1. The Morgan fingerprint density at radius 2 is 2.09 bits per heavy atom. The summed E-state index contributed by atoms with van der Waals surface area (Å²) in [6.45, 7) is 4.35. The molecule has 0 saturated carbocycles. The van der Waals surface area contributed by atoms with Crippen LogP contribution in [0.2, 0.25) is 0 Å². The van der Waals surface area contributed by atoms with E-state index in [1.807, 2.05) is 41.0 Å². The van der Waals surface area contributed by atoms with Crippen molar-refractivity contribution in [2.45, 2.75) is 31.0 Å². The highest BCUT2D eigenvalue weighted by molar-refractivity contribution is 7.99. The van der Waals surface area contributed by atoms with Crippen molar-refractivity contribution in [3.05, 3.63) is 66.2 Å². The molecule has 1 aliphatic rings. The van der Waals surface area contributed by atoms with Gasteiger partial charge in [-0.25, -0.2) is 0 Å². The molecule has 0 saturated heterocycles. The fraction of sp³-hybridized carbons (Fsp3) is 0.250. The number of fused-ring (bicyclic) bond motifs is 1. The van der Waals surface area contributed by atoms with Crippen LogP contribution in [0, 0.1) is 0 Å². The third-order valence-electron chi connectivity index (χ3n) is 5.26. The number of benzene rings is 2. The molecule has 7 nitrogen and oxygen atoms in total. The quantitative estimate of drug-likeness (QED) is 0.312. The predicted octanol–water partition coefficient (Wildman–Crippen LogP) is 4.39. The number of allylic oxidation sites excluding steroid dienone is 1. The molecule has 0 unspecified atom stereocenters. The average molecular weight is 449 g/mol. The van der Waals surface area contributed by atoms with Crippen molar-refractivity contribution in [3.63, 3.8) is 0 Å². The molecule has 0 aliphatic carbocycles. The van der Waals surface area contributed by atoms with Crippen LogP contribution >= 0.6 is 11.8 Å². The van der Waals surface area contributed by atoms with E-state index >= 15 is 0 Å². The van der Waals surface area contributed by atoms with Crippen LogP contribution < -0.4 is 10.1 Å². The summed E-state index contributed by atoms with van der Waals surface area (Å²) in [4.78, 5) is 24.6. The van der Waals surface area contributed by atoms with Gasteiger partial charge in [-0.1, -0.05) is 30.0 Å². The van der Waals surface area contributed by atoms with Crippen LogP contribution in [0.1, 0.15) is 28.8 Å². The molecule has 1 amide bonds. The van der Waals surface area contributed by atoms with Gasteiger partial charge < -0.3 is 10.1 Å². The second kappa shape index (κ2) is 9.82. The van der Waals surface area contributed by atoms with Crippen LogP contribution in [0.15, 0.2) is 60.3 Å². The molecule has 1 aromatic heterocycles. The van der Waals surface area contributed by atoms with Crippen LogP contribution in [-0.2, 0) is 17.8 Å². The van der Waals surface area contributed by atoms with Gasteiger partial charge in [-0.3, -0.25) is 14.2 Å². The highest BCUT2D eigenvalue weighted by atomic mass is 32.2. The topological polar surface area (TPSA) is 86.1 Å². The minimum Gasteiger partial charge on any atom is -0.496 e. The molecule has 0 radical (unpaired) electrons. The van der Waals surface area contributed by atoms with Crippen molar-refractivity contribution in [3.8, 4) is 17.1 Å². The van der Waals surface area contributed by atoms with E-state index in [0.717, 1.165) is 29.7 Å². The lowest BCUT2D eigenvalue weighted by Gasteiger charge is -2.11. The van der Waals surface area contributed by atoms with Crippen LogP contribution in [-0.4, -0.2) is 39.3 Å². The molecule has 0 fully saturated rings. The number of ether oxygens (including phenoxy) is 1. The zero-order valence-electron chi connectivity index (χ0n) is 17.8. The summed E-state index contributed by atoms with van der Waals surface area (Å²) in [5.74, 6) is 1.62. The van der Waals surface area contributed by atoms with Crippen molar-refractivity contribution in [2.24, 2.45) is 0 Å². The number of Topliss-reactive ketones (excluding diaryl/α,β-unsaturated/α-hetero) is 1. The van der Waals surface area contributed by atoms with Gasteiger partial charge in [-0.15, -0.1) is 16.8 Å². The predicted molar refractivity (Wildman–Crippen MR) is 125 cm³/mol. The number of amides is 1. The number of aromatic nitrogens is 3. The van der Waals surface area contributed by atoms with E-state index in [9.17, 15) is 9.59 Å². The van der Waals surface area contributed by atoms with Crippen LogP contribution in [0.4, 0.5) is 5.69 Å². The Morgan fingerprint density at radius 1 is 1.25 bits per heavy atom. The zero-order chi connectivity index (χ0) is 22.5. The van der Waals surface area contributed by atoms with E-state index in [2.05, 4.69) is 22.1 Å². The Kier molecular flexibility index (Phi) is 6.70. The maximum atomic E-state index is 12.9. The van der Waals surface area contributed by atoms with Crippen LogP contribution in [0.3, 0.4) is 0 Å². The SMILES string of the molecule is C=CCn1c(SCC(=O)c2ccc3c(c2)CCCC(=O)N3)nnc1-c1ccccc1OC. The van der Waals surface area contributed by atoms with Gasteiger partial charge in [0.15, 0.2) is 16.8 Å². The molecule has 1 aliphatic heterocycles. The number of rotatable bonds is 8. The zero-order valence-corrected chi connectivity index (χ0v) is 18.7. The Morgan fingerprint density at radius 3 is 2.91 bits per heavy atom. The monoisotopic (exact) mass is 448 g/mol. The first-order chi connectivity index (χ1) is 15.6. The lowest BCUT2D eigenvalue weighted by molar-refractivity contribution is -0.116. The minimum absolute atomic E-state index is 0.000341. The smallest absolute Gasteiger partial charge is 0.224 e. The molecule has 8 heteroatoms. The van der Waals surface area contributed by atoms with Crippen molar-refractivity contribution in [2.75, 3.05) is 18.2 Å². The van der Waals surface area contributed by atoms with Crippen molar-refractivity contribution >= 4 is 29.1 Å². The highest BCUT2D eigenvalue weighted by Gasteiger charge is 2.19. The number of carbonyl (C=O) groups excluding carboxylic acids is 2. The van der Waals surface area contributed by atoms with Crippen molar-refractivity contribution in [1.82, 2.24) is 14.8 Å². The van der Waals surface area contributed by atoms with E-state index in [1.165, 1.54) is 11.8 Å². The number of aryl methyl sites for hydroxylation is 1. The molecule has 0 bridgehead atoms. The number of anilines is 1. The maximum absolute atomic E-state index is 12.9. The van der Waals surface area contributed by atoms with Gasteiger partial charge >= 0.3 is 0 Å². The van der Waals surface area contributed by atoms with E-state index in [1.54, 1.807) is 19.3 Å². The maximum Gasteiger partial charge on any atom is 0.224 e. The average Bonchev–Trinajstić information content (AvgIpc) is 3.10. The van der Waals surface area contributed by atoms with Gasteiger partial charge in [0, 0.05) is 24.2 Å². The van der Waals surface area contributed by atoms with Gasteiger partial charge in [-0.05, 0) is 48.7 Å². The summed E-state index contributed by atoms with van der Waals surface area (Å²) in [6, 6.07) is 13.1. The molecule has 3 aromatic rings. The number of para-hydroxylation sites is 1. The highest BCUT2D eigenvalue weighted by Crippen LogP contribution is 2.31. The minimum atomic E-state index is 0.000341. The lowest BCUT2D eigenvalue weighted by atomic mass is 10.0. The Bertz CT molecular complexity index is 1170. The molecule has 2 heterocycles. The summed E-state index contributed by atoms with van der Waals surface area (Å²) >= 11 is 1.34. The molecular weight excluding hydrogens is 424 g/mol.